The molecule has 2 fully saturated rings. The van der Waals surface area contributed by atoms with Gasteiger partial charge in [0.1, 0.15) is 5.82 Å². The van der Waals surface area contributed by atoms with Crippen LogP contribution in [0.5, 0.6) is 0 Å². The van der Waals surface area contributed by atoms with Crippen LogP contribution in [0.2, 0.25) is 0 Å². The molecule has 0 unspecified atom stereocenters. The lowest BCUT2D eigenvalue weighted by Gasteiger charge is -2.40. The van der Waals surface area contributed by atoms with E-state index in [1.165, 1.54) is 5.56 Å². The Labute approximate surface area is 159 Å². The Hall–Kier alpha value is -2.25. The summed E-state index contributed by atoms with van der Waals surface area (Å²) in [7, 11) is 0. The topological polar surface area (TPSA) is 74.3 Å². The zero-order valence-electron chi connectivity index (χ0n) is 15.9. The van der Waals surface area contributed by atoms with Gasteiger partial charge in [-0.25, -0.2) is 4.98 Å². The molecule has 0 saturated carbocycles. The van der Waals surface area contributed by atoms with Crippen molar-refractivity contribution in [3.8, 4) is 0 Å². The van der Waals surface area contributed by atoms with Gasteiger partial charge in [-0.05, 0) is 25.3 Å². The number of carbonyl (C=O) groups excluding carboxylic acids is 1. The van der Waals surface area contributed by atoms with Crippen molar-refractivity contribution in [2.75, 3.05) is 26.2 Å². The number of hydrogen-bond acceptors (Lipinski definition) is 5. The molecular weight excluding hydrogens is 342 g/mol. The summed E-state index contributed by atoms with van der Waals surface area (Å²) in [6, 6.07) is 10.2. The molecule has 2 aliphatic rings. The lowest BCUT2D eigenvalue weighted by Crippen LogP contribution is -2.47. The second-order valence-corrected chi connectivity index (χ2v) is 7.62. The van der Waals surface area contributed by atoms with Crippen LogP contribution in [-0.4, -0.2) is 62.7 Å². The summed E-state index contributed by atoms with van der Waals surface area (Å²) in [5.74, 6) is 1.87. The number of H-pyrrole nitrogens is 1. The van der Waals surface area contributed by atoms with Crippen LogP contribution < -0.4 is 0 Å². The van der Waals surface area contributed by atoms with Gasteiger partial charge in [-0.2, -0.15) is 5.10 Å². The SMILES string of the molecule is Cc1nc(CN2CCC3(CC2)CC(=O)N(Cc2ccccc2)CCO3)n[nH]1. The van der Waals surface area contributed by atoms with Gasteiger partial charge in [-0.3, -0.25) is 14.8 Å². The number of carbonyl (C=O) groups is 1. The molecule has 0 radical (unpaired) electrons. The maximum absolute atomic E-state index is 12.9. The molecule has 7 heteroatoms. The van der Waals surface area contributed by atoms with Crippen LogP contribution in [0, 0.1) is 6.92 Å². The molecule has 4 rings (SSSR count). The molecule has 1 N–H and O–H groups in total. The van der Waals surface area contributed by atoms with Crippen molar-refractivity contribution < 1.29 is 9.53 Å². The number of aromatic nitrogens is 3. The van der Waals surface area contributed by atoms with E-state index in [-0.39, 0.29) is 11.5 Å². The fourth-order valence-electron chi connectivity index (χ4n) is 4.01. The van der Waals surface area contributed by atoms with E-state index in [0.717, 1.165) is 44.1 Å². The summed E-state index contributed by atoms with van der Waals surface area (Å²) in [5, 5.41) is 7.11. The Morgan fingerprint density at radius 2 is 1.93 bits per heavy atom. The smallest absolute Gasteiger partial charge is 0.225 e. The second-order valence-electron chi connectivity index (χ2n) is 7.62. The Kier molecular flexibility index (Phi) is 5.22. The number of nitrogens with one attached hydrogen (secondary N) is 1. The first-order valence-corrected chi connectivity index (χ1v) is 9.68. The van der Waals surface area contributed by atoms with Gasteiger partial charge in [-0.15, -0.1) is 0 Å². The molecule has 1 aromatic carbocycles. The highest BCUT2D eigenvalue weighted by atomic mass is 16.5. The van der Waals surface area contributed by atoms with Crippen LogP contribution in [-0.2, 0) is 22.6 Å². The van der Waals surface area contributed by atoms with Gasteiger partial charge in [0.25, 0.3) is 0 Å². The molecule has 0 aliphatic carbocycles. The number of aromatic amines is 1. The van der Waals surface area contributed by atoms with E-state index in [1.807, 2.05) is 30.0 Å². The van der Waals surface area contributed by atoms with Gasteiger partial charge in [-0.1, -0.05) is 30.3 Å². The molecule has 144 valence electrons. The Balaban J connectivity index is 1.34. The van der Waals surface area contributed by atoms with Crippen molar-refractivity contribution in [1.82, 2.24) is 25.0 Å². The minimum absolute atomic E-state index is 0.203. The highest BCUT2D eigenvalue weighted by molar-refractivity contribution is 5.77. The largest absolute Gasteiger partial charge is 0.373 e. The Morgan fingerprint density at radius 3 is 2.63 bits per heavy atom. The summed E-state index contributed by atoms with van der Waals surface area (Å²) in [4.78, 5) is 21.5. The van der Waals surface area contributed by atoms with E-state index < -0.39 is 0 Å². The average molecular weight is 369 g/mol. The average Bonchev–Trinajstić information content (AvgIpc) is 3.02. The minimum atomic E-state index is -0.312. The monoisotopic (exact) mass is 369 g/mol. The molecule has 1 amide bonds. The summed E-state index contributed by atoms with van der Waals surface area (Å²) < 4.78 is 6.25. The number of rotatable bonds is 4. The maximum atomic E-state index is 12.9. The van der Waals surface area contributed by atoms with Crippen LogP contribution in [0.3, 0.4) is 0 Å². The third-order valence-corrected chi connectivity index (χ3v) is 5.59. The molecule has 1 spiro atoms. The zero-order valence-corrected chi connectivity index (χ0v) is 15.9. The highest BCUT2D eigenvalue weighted by Crippen LogP contribution is 2.33. The summed E-state index contributed by atoms with van der Waals surface area (Å²) in [6.07, 6.45) is 2.23. The van der Waals surface area contributed by atoms with Crippen molar-refractivity contribution >= 4 is 5.91 Å². The van der Waals surface area contributed by atoms with E-state index in [2.05, 4.69) is 32.2 Å². The second kappa shape index (κ2) is 7.78. The van der Waals surface area contributed by atoms with Gasteiger partial charge in [0.05, 0.1) is 25.2 Å². The number of nitrogens with zero attached hydrogens (tertiary/aromatic N) is 4. The quantitative estimate of drug-likeness (QED) is 0.891. The standard InChI is InChI=1S/C20H27N5O2/c1-16-21-18(23-22-16)15-24-9-7-20(8-10-24)13-19(26)25(11-12-27-20)14-17-5-3-2-4-6-17/h2-6H,7-15H2,1H3,(H,21,22,23). The first-order valence-electron chi connectivity index (χ1n) is 9.68. The number of likely N-dealkylation sites (tertiary alicyclic amines) is 1. The minimum Gasteiger partial charge on any atom is -0.373 e. The van der Waals surface area contributed by atoms with Crippen LogP contribution in [0.25, 0.3) is 0 Å². The molecule has 0 bridgehead atoms. The number of benzene rings is 1. The summed E-state index contributed by atoms with van der Waals surface area (Å²) in [6.45, 7) is 6.39. The van der Waals surface area contributed by atoms with Gasteiger partial charge in [0.2, 0.25) is 5.91 Å². The van der Waals surface area contributed by atoms with Crippen molar-refractivity contribution in [3.63, 3.8) is 0 Å². The number of ether oxygens (including phenoxy) is 1. The van der Waals surface area contributed by atoms with Crippen LogP contribution >= 0.6 is 0 Å². The van der Waals surface area contributed by atoms with E-state index >= 15 is 0 Å². The van der Waals surface area contributed by atoms with Gasteiger partial charge in [0, 0.05) is 26.2 Å². The van der Waals surface area contributed by atoms with Crippen LogP contribution in [0.15, 0.2) is 30.3 Å². The normalized spacial score (nSPS) is 20.8. The molecule has 0 atom stereocenters. The summed E-state index contributed by atoms with van der Waals surface area (Å²) in [5.41, 5.74) is 0.854. The first kappa shape index (κ1) is 18.1. The van der Waals surface area contributed by atoms with E-state index in [0.29, 0.717) is 26.1 Å². The van der Waals surface area contributed by atoms with Gasteiger partial charge >= 0.3 is 0 Å². The molecule has 2 aromatic rings. The lowest BCUT2D eigenvalue weighted by atomic mass is 9.87. The fraction of sp³-hybridized carbons (Fsp3) is 0.550. The molecule has 3 heterocycles. The predicted molar refractivity (Wildman–Crippen MR) is 101 cm³/mol. The van der Waals surface area contributed by atoms with Gasteiger partial charge in [0.15, 0.2) is 5.82 Å². The van der Waals surface area contributed by atoms with Crippen molar-refractivity contribution in [3.05, 3.63) is 47.5 Å². The molecule has 2 aliphatic heterocycles. The van der Waals surface area contributed by atoms with Crippen molar-refractivity contribution in [2.45, 2.75) is 44.9 Å². The third kappa shape index (κ3) is 4.36. The van der Waals surface area contributed by atoms with E-state index in [4.69, 9.17) is 4.74 Å². The van der Waals surface area contributed by atoms with Crippen molar-refractivity contribution in [1.29, 1.82) is 0 Å². The number of aryl methyl sites for hydroxylation is 1. The maximum Gasteiger partial charge on any atom is 0.225 e. The Bertz CT molecular complexity index is 768. The van der Waals surface area contributed by atoms with Crippen molar-refractivity contribution in [2.24, 2.45) is 0 Å². The number of piperidine rings is 1. The fourth-order valence-corrected chi connectivity index (χ4v) is 4.01. The number of hydrogen-bond donors (Lipinski definition) is 1. The molecule has 27 heavy (non-hydrogen) atoms. The zero-order chi connectivity index (χ0) is 18.7. The summed E-state index contributed by atoms with van der Waals surface area (Å²) >= 11 is 0. The molecule has 7 nitrogen and oxygen atoms in total. The Morgan fingerprint density at radius 1 is 1.15 bits per heavy atom. The molecule has 2 saturated heterocycles. The van der Waals surface area contributed by atoms with E-state index in [9.17, 15) is 4.79 Å². The van der Waals surface area contributed by atoms with E-state index in [1.54, 1.807) is 0 Å². The van der Waals surface area contributed by atoms with Crippen LogP contribution in [0.4, 0.5) is 0 Å². The van der Waals surface area contributed by atoms with Gasteiger partial charge < -0.3 is 9.64 Å². The van der Waals surface area contributed by atoms with Crippen LogP contribution in [0.1, 0.15) is 36.5 Å². The number of amides is 1. The molecule has 1 aromatic heterocycles. The third-order valence-electron chi connectivity index (χ3n) is 5.59. The first-order chi connectivity index (χ1) is 13.1. The lowest BCUT2D eigenvalue weighted by molar-refractivity contribution is -0.136. The highest BCUT2D eigenvalue weighted by Gasteiger charge is 2.40. The molecular formula is C20H27N5O2. The predicted octanol–water partition coefficient (Wildman–Crippen LogP) is 1.90.